The molecule has 0 N–H and O–H groups in total. The third kappa shape index (κ3) is 2.60. The maximum Gasteiger partial charge on any atom is 0.313 e. The Hall–Kier alpha value is -1.52. The normalized spacial score (nSPS) is 12.6. The van der Waals surface area contributed by atoms with Gasteiger partial charge in [-0.25, -0.2) is 13.2 Å². The third-order valence-corrected chi connectivity index (χ3v) is 2.52. The van der Waals surface area contributed by atoms with Gasteiger partial charge in [0.2, 0.25) is 0 Å². The SMILES string of the molecule is COC(=O)C(c1ccc(F)c(F)c1F)C(C)C. The summed E-state index contributed by atoms with van der Waals surface area (Å²) in [5, 5.41) is 0. The Bertz CT molecular complexity index is 430. The quantitative estimate of drug-likeness (QED) is 0.605. The van der Waals surface area contributed by atoms with Gasteiger partial charge in [0.05, 0.1) is 13.0 Å². The predicted molar refractivity (Wildman–Crippen MR) is 55.9 cm³/mol. The second kappa shape index (κ2) is 5.21. The first kappa shape index (κ1) is 13.5. The molecule has 1 aromatic carbocycles. The lowest BCUT2D eigenvalue weighted by molar-refractivity contribution is -0.143. The summed E-state index contributed by atoms with van der Waals surface area (Å²) in [6.45, 7) is 3.34. The summed E-state index contributed by atoms with van der Waals surface area (Å²) in [4.78, 5) is 11.5. The van der Waals surface area contributed by atoms with Crippen LogP contribution in [0.1, 0.15) is 25.3 Å². The molecule has 0 aliphatic rings. The molecule has 1 unspecified atom stereocenters. The molecule has 0 aliphatic carbocycles. The Morgan fingerprint density at radius 2 is 1.76 bits per heavy atom. The fourth-order valence-corrected chi connectivity index (χ4v) is 1.67. The molecule has 0 bridgehead atoms. The van der Waals surface area contributed by atoms with Crippen LogP contribution in [0.4, 0.5) is 13.2 Å². The van der Waals surface area contributed by atoms with Gasteiger partial charge in [-0.05, 0) is 12.0 Å². The molecule has 17 heavy (non-hydrogen) atoms. The molecule has 1 rings (SSSR count). The van der Waals surface area contributed by atoms with Gasteiger partial charge in [-0.1, -0.05) is 19.9 Å². The van der Waals surface area contributed by atoms with Crippen molar-refractivity contribution in [3.8, 4) is 0 Å². The largest absolute Gasteiger partial charge is 0.469 e. The highest BCUT2D eigenvalue weighted by Crippen LogP contribution is 2.29. The van der Waals surface area contributed by atoms with Crippen LogP contribution in [0.2, 0.25) is 0 Å². The molecule has 0 saturated heterocycles. The second-order valence-electron chi connectivity index (χ2n) is 4.01. The molecule has 0 saturated carbocycles. The number of carbonyl (C=O) groups is 1. The summed E-state index contributed by atoms with van der Waals surface area (Å²) in [5.41, 5.74) is -0.189. The van der Waals surface area contributed by atoms with E-state index in [1.54, 1.807) is 13.8 Å². The van der Waals surface area contributed by atoms with Gasteiger partial charge in [-0.3, -0.25) is 4.79 Å². The number of ether oxygens (including phenoxy) is 1. The summed E-state index contributed by atoms with van der Waals surface area (Å²) < 4.78 is 43.9. The molecule has 0 amide bonds. The van der Waals surface area contributed by atoms with Gasteiger partial charge in [0.15, 0.2) is 17.5 Å². The topological polar surface area (TPSA) is 26.3 Å². The molecule has 5 heteroatoms. The second-order valence-corrected chi connectivity index (χ2v) is 4.01. The fourth-order valence-electron chi connectivity index (χ4n) is 1.67. The van der Waals surface area contributed by atoms with Gasteiger partial charge < -0.3 is 4.74 Å². The highest BCUT2D eigenvalue weighted by Gasteiger charge is 2.29. The monoisotopic (exact) mass is 246 g/mol. The molecule has 0 aromatic heterocycles. The Labute approximate surface area is 97.4 Å². The summed E-state index contributed by atoms with van der Waals surface area (Å²) in [6, 6.07) is 1.86. The molecule has 2 nitrogen and oxygen atoms in total. The van der Waals surface area contributed by atoms with E-state index in [-0.39, 0.29) is 11.5 Å². The minimum Gasteiger partial charge on any atom is -0.469 e. The number of carbonyl (C=O) groups excluding carboxylic acids is 1. The van der Waals surface area contributed by atoms with Crippen LogP contribution >= 0.6 is 0 Å². The summed E-state index contributed by atoms with van der Waals surface area (Å²) in [6.07, 6.45) is 0. The van der Waals surface area contributed by atoms with Crippen molar-refractivity contribution in [2.45, 2.75) is 19.8 Å². The first-order chi connectivity index (χ1) is 7.90. The van der Waals surface area contributed by atoms with Gasteiger partial charge in [0, 0.05) is 5.56 Å². The zero-order valence-electron chi connectivity index (χ0n) is 9.76. The van der Waals surface area contributed by atoms with Gasteiger partial charge in [-0.15, -0.1) is 0 Å². The zero-order valence-corrected chi connectivity index (χ0v) is 9.76. The van der Waals surface area contributed by atoms with Crippen molar-refractivity contribution in [1.29, 1.82) is 0 Å². The van der Waals surface area contributed by atoms with E-state index in [0.29, 0.717) is 0 Å². The van der Waals surface area contributed by atoms with Crippen LogP contribution in [0.25, 0.3) is 0 Å². The van der Waals surface area contributed by atoms with Crippen LogP contribution < -0.4 is 0 Å². The molecular formula is C12H13F3O2. The van der Waals surface area contributed by atoms with E-state index >= 15 is 0 Å². The van der Waals surface area contributed by atoms with Crippen LogP contribution in [0.5, 0.6) is 0 Å². The van der Waals surface area contributed by atoms with Crippen molar-refractivity contribution in [2.75, 3.05) is 7.11 Å². The van der Waals surface area contributed by atoms with Crippen molar-refractivity contribution < 1.29 is 22.7 Å². The lowest BCUT2D eigenvalue weighted by Crippen LogP contribution is -2.21. The molecule has 1 aromatic rings. The molecule has 0 radical (unpaired) electrons. The van der Waals surface area contributed by atoms with E-state index in [4.69, 9.17) is 0 Å². The number of esters is 1. The number of hydrogen-bond donors (Lipinski definition) is 0. The van der Waals surface area contributed by atoms with Crippen LogP contribution in [-0.4, -0.2) is 13.1 Å². The van der Waals surface area contributed by atoms with E-state index < -0.39 is 29.3 Å². The van der Waals surface area contributed by atoms with Gasteiger partial charge >= 0.3 is 5.97 Å². The van der Waals surface area contributed by atoms with Crippen molar-refractivity contribution in [3.05, 3.63) is 35.1 Å². The zero-order chi connectivity index (χ0) is 13.2. The maximum atomic E-state index is 13.5. The molecule has 1 atom stereocenters. The molecule has 0 fully saturated rings. The molecule has 0 spiro atoms. The average Bonchev–Trinajstić information content (AvgIpc) is 2.28. The Kier molecular flexibility index (Phi) is 4.15. The average molecular weight is 246 g/mol. The van der Waals surface area contributed by atoms with Crippen LogP contribution in [0.3, 0.4) is 0 Å². The number of halogens is 3. The first-order valence-electron chi connectivity index (χ1n) is 5.11. The highest BCUT2D eigenvalue weighted by molar-refractivity contribution is 5.78. The van der Waals surface area contributed by atoms with Gasteiger partial charge in [-0.2, -0.15) is 0 Å². The van der Waals surface area contributed by atoms with E-state index in [2.05, 4.69) is 4.74 Å². The lowest BCUT2D eigenvalue weighted by atomic mass is 9.88. The van der Waals surface area contributed by atoms with Gasteiger partial charge in [0.25, 0.3) is 0 Å². The van der Waals surface area contributed by atoms with Crippen molar-refractivity contribution in [3.63, 3.8) is 0 Å². The smallest absolute Gasteiger partial charge is 0.313 e. The van der Waals surface area contributed by atoms with Crippen molar-refractivity contribution >= 4 is 5.97 Å². The number of benzene rings is 1. The van der Waals surface area contributed by atoms with Crippen LogP contribution in [0, 0.1) is 23.4 Å². The van der Waals surface area contributed by atoms with Crippen molar-refractivity contribution in [2.24, 2.45) is 5.92 Å². The van der Waals surface area contributed by atoms with Crippen LogP contribution in [0.15, 0.2) is 12.1 Å². The molecular weight excluding hydrogens is 233 g/mol. The van der Waals surface area contributed by atoms with Gasteiger partial charge in [0.1, 0.15) is 0 Å². The third-order valence-electron chi connectivity index (χ3n) is 2.52. The number of methoxy groups -OCH3 is 1. The maximum absolute atomic E-state index is 13.5. The number of hydrogen-bond acceptors (Lipinski definition) is 2. The lowest BCUT2D eigenvalue weighted by Gasteiger charge is -2.19. The Balaban J connectivity index is 3.29. The molecule has 0 heterocycles. The highest BCUT2D eigenvalue weighted by atomic mass is 19.2. The Morgan fingerprint density at radius 1 is 1.18 bits per heavy atom. The van der Waals surface area contributed by atoms with E-state index in [1.807, 2.05) is 0 Å². The van der Waals surface area contributed by atoms with E-state index in [1.165, 1.54) is 0 Å². The Morgan fingerprint density at radius 3 is 2.24 bits per heavy atom. The molecule has 0 aliphatic heterocycles. The summed E-state index contributed by atoms with van der Waals surface area (Å²) in [5.74, 6) is -6.11. The summed E-state index contributed by atoms with van der Waals surface area (Å²) in [7, 11) is 1.16. The number of rotatable bonds is 3. The predicted octanol–water partition coefficient (Wildman–Crippen LogP) is 3.02. The van der Waals surface area contributed by atoms with Crippen LogP contribution in [-0.2, 0) is 9.53 Å². The van der Waals surface area contributed by atoms with E-state index in [0.717, 1.165) is 19.2 Å². The summed E-state index contributed by atoms with van der Waals surface area (Å²) >= 11 is 0. The minimum absolute atomic E-state index is 0.189. The fraction of sp³-hybridized carbons (Fsp3) is 0.417. The standard InChI is InChI=1S/C12H13F3O2/c1-6(2)9(12(16)17-3)7-4-5-8(13)11(15)10(7)14/h4-6,9H,1-3H3. The minimum atomic E-state index is -1.57. The first-order valence-corrected chi connectivity index (χ1v) is 5.11. The molecule has 94 valence electrons. The van der Waals surface area contributed by atoms with E-state index in [9.17, 15) is 18.0 Å². The van der Waals surface area contributed by atoms with Crippen molar-refractivity contribution in [1.82, 2.24) is 0 Å².